The highest BCUT2D eigenvalue weighted by atomic mass is 32.1. The predicted molar refractivity (Wildman–Crippen MR) is 177 cm³/mol. The lowest BCUT2D eigenvalue weighted by Gasteiger charge is -2.24. The van der Waals surface area contributed by atoms with Crippen molar-refractivity contribution in [2.24, 2.45) is 17.6 Å². The van der Waals surface area contributed by atoms with Gasteiger partial charge in [0.2, 0.25) is 0 Å². The van der Waals surface area contributed by atoms with Gasteiger partial charge in [0.05, 0.1) is 4.99 Å². The molecule has 3 aromatic rings. The molecule has 0 amide bonds. The van der Waals surface area contributed by atoms with Gasteiger partial charge in [0.1, 0.15) is 29.6 Å². The molecule has 4 atom stereocenters. The third-order valence-corrected chi connectivity index (χ3v) is 10.5. The first-order valence-electron chi connectivity index (χ1n) is 15.7. The van der Waals surface area contributed by atoms with Crippen LogP contribution in [0, 0.1) is 35.1 Å². The average Bonchev–Trinajstić information content (AvgIpc) is 3.60. The van der Waals surface area contributed by atoms with Crippen LogP contribution in [0.15, 0.2) is 55.1 Å². The van der Waals surface area contributed by atoms with Crippen LogP contribution in [-0.4, -0.2) is 62.2 Å². The van der Waals surface area contributed by atoms with E-state index in [9.17, 15) is 17.6 Å². The molecule has 0 spiro atoms. The molecule has 11 heteroatoms. The second kappa shape index (κ2) is 13.8. The van der Waals surface area contributed by atoms with Gasteiger partial charge in [0.15, 0.2) is 5.11 Å². The van der Waals surface area contributed by atoms with Crippen LogP contribution in [0.5, 0.6) is 0 Å². The summed E-state index contributed by atoms with van der Waals surface area (Å²) < 4.78 is 55.5. The van der Waals surface area contributed by atoms with Crippen molar-refractivity contribution in [1.29, 1.82) is 0 Å². The second-order valence-electron chi connectivity index (χ2n) is 12.7. The third kappa shape index (κ3) is 7.25. The van der Waals surface area contributed by atoms with Crippen LogP contribution in [-0.2, 0) is 10.8 Å². The van der Waals surface area contributed by atoms with E-state index in [4.69, 9.17) is 30.2 Å². The minimum atomic E-state index is -0.513. The Hall–Kier alpha value is -2.89. The van der Waals surface area contributed by atoms with Gasteiger partial charge in [-0.3, -0.25) is 4.57 Å². The highest BCUT2D eigenvalue weighted by molar-refractivity contribution is 7.80. The molecular weight excluding hydrogens is 619 g/mol. The van der Waals surface area contributed by atoms with Crippen molar-refractivity contribution in [3.8, 4) is 0 Å². The number of piperidine rings is 2. The molecule has 2 aliphatic carbocycles. The van der Waals surface area contributed by atoms with Gasteiger partial charge in [-0.05, 0) is 98.1 Å². The molecule has 7 rings (SSSR count). The van der Waals surface area contributed by atoms with Crippen LogP contribution >= 0.6 is 24.4 Å². The molecule has 0 bridgehead atoms. The van der Waals surface area contributed by atoms with Crippen molar-refractivity contribution in [3.63, 3.8) is 0 Å². The second-order valence-corrected chi connectivity index (χ2v) is 13.6. The number of nitrogens with two attached hydrogens (primary N) is 1. The molecule has 2 aromatic carbocycles. The highest BCUT2D eigenvalue weighted by Gasteiger charge is 2.62. The van der Waals surface area contributed by atoms with Crippen LogP contribution in [0.3, 0.4) is 0 Å². The molecule has 2 N–H and O–H groups in total. The molecule has 0 radical (unpaired) electrons. The quantitative estimate of drug-likeness (QED) is 0.228. The van der Waals surface area contributed by atoms with E-state index in [0.29, 0.717) is 23.5 Å². The number of benzene rings is 2. The molecule has 2 saturated carbocycles. The smallest absolute Gasteiger partial charge is 0.181 e. The molecule has 3 heterocycles. The minimum absolute atomic E-state index is 0.0563. The number of unbranched alkanes of at least 4 members (excludes halogenated alkanes) is 1. The Balaban J connectivity index is 0.000000160. The number of hydrogen-bond acceptors (Lipinski definition) is 4. The lowest BCUT2D eigenvalue weighted by Crippen LogP contribution is -2.35. The fraction of sp³-hybridized carbons (Fsp3) is 0.500. The number of likely N-dealkylation sites (tertiary alicyclic amines) is 2. The van der Waals surface area contributed by atoms with Crippen molar-refractivity contribution in [2.75, 3.05) is 32.7 Å². The first-order valence-corrected chi connectivity index (χ1v) is 16.5. The van der Waals surface area contributed by atoms with Crippen molar-refractivity contribution in [2.45, 2.75) is 63.2 Å². The van der Waals surface area contributed by atoms with Gasteiger partial charge in [-0.1, -0.05) is 32.5 Å². The summed E-state index contributed by atoms with van der Waals surface area (Å²) >= 11 is 10.9. The standard InChI is InChI=1S/C16H19F2NS.C15H13F2N3S.C3H9N/c1-2-3-4-15(20)19-9-12-8-16(12,10-19)11-5-13(17)7-14(18)6-11;16-12-3-10(4-13(17)5-12)15-6-11(15)7-20(8-15)14(21)19-2-1-18-9-19;1-2-3-4/h5-7,12H,2-4,8-10H2,1H3;1-5,9,11H,6-8H2;2-4H2,1H3/t12-,16+;11-,15+;/m00./s1. The van der Waals surface area contributed by atoms with Crippen molar-refractivity contribution in [3.05, 3.63) is 89.5 Å². The summed E-state index contributed by atoms with van der Waals surface area (Å²) in [6.07, 6.45) is 11.5. The van der Waals surface area contributed by atoms with Gasteiger partial charge < -0.3 is 15.5 Å². The number of imidazole rings is 1. The van der Waals surface area contributed by atoms with Crippen molar-refractivity contribution in [1.82, 2.24) is 19.4 Å². The van der Waals surface area contributed by atoms with Crippen LogP contribution in [0.25, 0.3) is 0 Å². The van der Waals surface area contributed by atoms with Crippen molar-refractivity contribution >= 4 is 34.5 Å². The van der Waals surface area contributed by atoms with E-state index in [2.05, 4.69) is 28.6 Å². The molecule has 4 fully saturated rings. The highest BCUT2D eigenvalue weighted by Crippen LogP contribution is 2.60. The monoisotopic (exact) mass is 659 g/mol. The minimum Gasteiger partial charge on any atom is -0.365 e. The summed E-state index contributed by atoms with van der Waals surface area (Å²) in [7, 11) is 0. The van der Waals surface area contributed by atoms with E-state index in [1.807, 2.05) is 0 Å². The van der Waals surface area contributed by atoms with Gasteiger partial charge >= 0.3 is 0 Å². The number of nitrogens with zero attached hydrogens (tertiary/aromatic N) is 4. The number of rotatable bonds is 6. The summed E-state index contributed by atoms with van der Waals surface area (Å²) in [5.41, 5.74) is 6.38. The van der Waals surface area contributed by atoms with Crippen LogP contribution < -0.4 is 5.73 Å². The molecule has 0 unspecified atom stereocenters. The van der Waals surface area contributed by atoms with E-state index >= 15 is 0 Å². The largest absolute Gasteiger partial charge is 0.365 e. The number of hydrogen-bond donors (Lipinski definition) is 1. The normalized spacial score (nSPS) is 25.4. The van der Waals surface area contributed by atoms with Crippen molar-refractivity contribution < 1.29 is 17.6 Å². The fourth-order valence-corrected chi connectivity index (χ4v) is 7.43. The maximum atomic E-state index is 13.5. The van der Waals surface area contributed by atoms with Gasteiger partial charge in [0, 0.05) is 61.5 Å². The Morgan fingerprint density at radius 2 is 1.31 bits per heavy atom. The maximum Gasteiger partial charge on any atom is 0.181 e. The summed E-state index contributed by atoms with van der Waals surface area (Å²) in [5.74, 6) is -1.07. The first-order chi connectivity index (χ1) is 21.5. The topological polar surface area (TPSA) is 50.3 Å². The Morgan fingerprint density at radius 3 is 1.76 bits per heavy atom. The Labute approximate surface area is 273 Å². The number of fused-ring (bicyclic) bond motifs is 2. The molecule has 45 heavy (non-hydrogen) atoms. The number of thiocarbonyl (C=S) groups is 2. The fourth-order valence-electron chi connectivity index (χ4n) is 6.90. The lowest BCUT2D eigenvalue weighted by molar-refractivity contribution is 0.441. The molecule has 242 valence electrons. The zero-order valence-corrected chi connectivity index (χ0v) is 27.5. The Morgan fingerprint density at radius 1 is 0.822 bits per heavy atom. The maximum absolute atomic E-state index is 13.5. The molecule has 4 aliphatic rings. The molecule has 5 nitrogen and oxygen atoms in total. The van der Waals surface area contributed by atoms with Crippen LogP contribution in [0.2, 0.25) is 0 Å². The van der Waals surface area contributed by atoms with Gasteiger partial charge in [-0.15, -0.1) is 0 Å². The van der Waals surface area contributed by atoms with E-state index < -0.39 is 23.3 Å². The summed E-state index contributed by atoms with van der Waals surface area (Å²) in [5, 5.41) is 0.691. The van der Waals surface area contributed by atoms with Crippen LogP contribution in [0.1, 0.15) is 63.5 Å². The molecular formula is C34H41F4N5S2. The zero-order valence-electron chi connectivity index (χ0n) is 25.8. The SMILES string of the molecule is CCCCC(=S)N1C[C@@H]2C[C@]2(c2cc(F)cc(F)c2)C1.CCCN.Fc1cc(F)cc([C@]23C[C@H]2CN(C(=S)n2ccnc2)C3)c1. The lowest BCUT2D eigenvalue weighted by atomic mass is 9.95. The number of halogens is 4. The summed E-state index contributed by atoms with van der Waals surface area (Å²) in [4.78, 5) is 9.33. The van der Waals surface area contributed by atoms with Gasteiger partial charge in [0.25, 0.3) is 0 Å². The average molecular weight is 660 g/mol. The summed E-state index contributed by atoms with van der Waals surface area (Å²) in [6, 6.07) is 7.74. The molecule has 1 aromatic heterocycles. The van der Waals surface area contributed by atoms with E-state index in [0.717, 1.165) is 93.0 Å². The number of aromatic nitrogens is 2. The van der Waals surface area contributed by atoms with Crippen LogP contribution in [0.4, 0.5) is 17.6 Å². The summed E-state index contributed by atoms with van der Waals surface area (Å²) in [6.45, 7) is 8.33. The molecule has 2 aliphatic heterocycles. The Bertz CT molecular complexity index is 1480. The van der Waals surface area contributed by atoms with Gasteiger partial charge in [-0.2, -0.15) is 0 Å². The first kappa shape index (κ1) is 33.5. The predicted octanol–water partition coefficient (Wildman–Crippen LogP) is 6.98. The van der Waals surface area contributed by atoms with E-state index in [-0.39, 0.29) is 10.8 Å². The Kier molecular flexibility index (Phi) is 10.3. The van der Waals surface area contributed by atoms with Gasteiger partial charge in [-0.25, -0.2) is 22.5 Å². The van der Waals surface area contributed by atoms with E-state index in [1.54, 1.807) is 23.3 Å². The van der Waals surface area contributed by atoms with E-state index in [1.165, 1.54) is 24.3 Å². The zero-order chi connectivity index (χ0) is 32.4. The third-order valence-electron chi connectivity index (χ3n) is 9.55. The molecule has 2 saturated heterocycles.